The van der Waals surface area contributed by atoms with Crippen molar-refractivity contribution in [1.29, 1.82) is 5.26 Å². The number of aryl methyl sites for hydroxylation is 1. The zero-order valence-corrected chi connectivity index (χ0v) is 15.2. The van der Waals surface area contributed by atoms with Crippen LogP contribution in [-0.2, 0) is 11.2 Å². The zero-order valence-electron chi connectivity index (χ0n) is 15.2. The number of ether oxygens (including phenoxy) is 1. The van der Waals surface area contributed by atoms with Gasteiger partial charge in [0.1, 0.15) is 11.3 Å². The fourth-order valence-electron chi connectivity index (χ4n) is 2.17. The fraction of sp³-hybridized carbons (Fsp3) is 0.263. The molecule has 0 radical (unpaired) electrons. The van der Waals surface area contributed by atoms with Crippen LogP contribution in [0.15, 0.2) is 36.5 Å². The van der Waals surface area contributed by atoms with E-state index in [0.717, 1.165) is 5.56 Å². The number of benzene rings is 1. The molecule has 0 unspecified atom stereocenters. The van der Waals surface area contributed by atoms with Gasteiger partial charge in [-0.1, -0.05) is 6.92 Å². The molecule has 0 atom stereocenters. The van der Waals surface area contributed by atoms with Crippen LogP contribution in [-0.4, -0.2) is 27.6 Å². The van der Waals surface area contributed by atoms with Crippen molar-refractivity contribution in [2.75, 3.05) is 5.32 Å². The SMILES string of the molecule is CCc1cc(Oc2ccc(NC(=O)NC(C)(C)C(=O)O)cn2)ccc1C#N. The molecule has 0 fully saturated rings. The van der Waals surface area contributed by atoms with E-state index in [-0.39, 0.29) is 0 Å². The largest absolute Gasteiger partial charge is 0.480 e. The number of carbonyl (C=O) groups excluding carboxylic acids is 1. The highest BCUT2D eigenvalue weighted by Crippen LogP contribution is 2.23. The van der Waals surface area contributed by atoms with E-state index in [1.54, 1.807) is 30.3 Å². The van der Waals surface area contributed by atoms with Crippen LogP contribution in [0.1, 0.15) is 31.9 Å². The molecule has 0 spiro atoms. The van der Waals surface area contributed by atoms with E-state index >= 15 is 0 Å². The monoisotopic (exact) mass is 368 g/mol. The first-order valence-corrected chi connectivity index (χ1v) is 8.24. The van der Waals surface area contributed by atoms with Crippen LogP contribution in [0.2, 0.25) is 0 Å². The van der Waals surface area contributed by atoms with Crippen molar-refractivity contribution in [3.05, 3.63) is 47.7 Å². The number of urea groups is 1. The maximum atomic E-state index is 11.9. The van der Waals surface area contributed by atoms with Crippen LogP contribution in [0.3, 0.4) is 0 Å². The van der Waals surface area contributed by atoms with Crippen molar-refractivity contribution in [2.24, 2.45) is 0 Å². The van der Waals surface area contributed by atoms with Gasteiger partial charge in [0.25, 0.3) is 0 Å². The van der Waals surface area contributed by atoms with Gasteiger partial charge in [-0.05, 0) is 50.1 Å². The molecular weight excluding hydrogens is 348 g/mol. The number of nitriles is 1. The summed E-state index contributed by atoms with van der Waals surface area (Å²) >= 11 is 0. The fourth-order valence-corrected chi connectivity index (χ4v) is 2.17. The maximum absolute atomic E-state index is 11.9. The molecular formula is C19H20N4O4. The van der Waals surface area contributed by atoms with Crippen molar-refractivity contribution in [2.45, 2.75) is 32.7 Å². The number of carbonyl (C=O) groups is 2. The Balaban J connectivity index is 2.02. The molecule has 0 aliphatic carbocycles. The first-order chi connectivity index (χ1) is 12.7. The highest BCUT2D eigenvalue weighted by molar-refractivity contribution is 5.93. The number of aromatic nitrogens is 1. The summed E-state index contributed by atoms with van der Waals surface area (Å²) in [4.78, 5) is 27.0. The van der Waals surface area contributed by atoms with Gasteiger partial charge in [0.15, 0.2) is 0 Å². The van der Waals surface area contributed by atoms with Gasteiger partial charge >= 0.3 is 12.0 Å². The predicted octanol–water partition coefficient (Wildman–Crippen LogP) is 3.29. The third-order valence-corrected chi connectivity index (χ3v) is 3.76. The number of rotatable bonds is 6. The molecule has 0 aliphatic rings. The molecule has 27 heavy (non-hydrogen) atoms. The number of anilines is 1. The molecule has 8 heteroatoms. The summed E-state index contributed by atoms with van der Waals surface area (Å²) in [6.07, 6.45) is 2.10. The molecule has 8 nitrogen and oxygen atoms in total. The number of pyridine rings is 1. The number of hydrogen-bond acceptors (Lipinski definition) is 5. The van der Waals surface area contributed by atoms with Crippen LogP contribution in [0.5, 0.6) is 11.6 Å². The summed E-state index contributed by atoms with van der Waals surface area (Å²) in [5.41, 5.74) is 0.474. The molecule has 0 aliphatic heterocycles. The van der Waals surface area contributed by atoms with Gasteiger partial charge in [0, 0.05) is 6.07 Å². The van der Waals surface area contributed by atoms with Gasteiger partial charge in [0.2, 0.25) is 5.88 Å². The van der Waals surface area contributed by atoms with Gasteiger partial charge in [-0.25, -0.2) is 14.6 Å². The van der Waals surface area contributed by atoms with Crippen molar-refractivity contribution in [1.82, 2.24) is 10.3 Å². The van der Waals surface area contributed by atoms with Crippen molar-refractivity contribution < 1.29 is 19.4 Å². The minimum atomic E-state index is -1.40. The normalized spacial score (nSPS) is 10.6. The average Bonchev–Trinajstić information content (AvgIpc) is 2.62. The van der Waals surface area contributed by atoms with Crippen molar-refractivity contribution >= 4 is 17.7 Å². The Hall–Kier alpha value is -3.60. The summed E-state index contributed by atoms with van der Waals surface area (Å²) < 4.78 is 5.67. The summed E-state index contributed by atoms with van der Waals surface area (Å²) in [6.45, 7) is 4.72. The number of amides is 2. The van der Waals surface area contributed by atoms with E-state index in [2.05, 4.69) is 21.7 Å². The smallest absolute Gasteiger partial charge is 0.328 e. The zero-order chi connectivity index (χ0) is 20.0. The number of aliphatic carboxylic acids is 1. The standard InChI is InChI=1S/C19H20N4O4/c1-4-12-9-15(7-5-13(12)10-20)27-16-8-6-14(11-21-16)22-18(26)23-19(2,3)17(24)25/h5-9,11H,4H2,1-3H3,(H,24,25)(H2,22,23,26). The van der Waals surface area contributed by atoms with Gasteiger partial charge in [0.05, 0.1) is 23.5 Å². The molecule has 2 aromatic rings. The van der Waals surface area contributed by atoms with E-state index < -0.39 is 17.5 Å². The highest BCUT2D eigenvalue weighted by atomic mass is 16.5. The molecule has 2 rings (SSSR count). The van der Waals surface area contributed by atoms with Gasteiger partial charge in [-0.15, -0.1) is 0 Å². The quantitative estimate of drug-likeness (QED) is 0.718. The number of carboxylic acid groups (broad SMARTS) is 1. The Labute approximate surface area is 156 Å². The van der Waals surface area contributed by atoms with Crippen LogP contribution in [0.4, 0.5) is 10.5 Å². The molecule has 3 N–H and O–H groups in total. The third kappa shape index (κ3) is 5.19. The lowest BCUT2D eigenvalue weighted by Crippen LogP contribution is -2.51. The first kappa shape index (κ1) is 19.7. The second kappa shape index (κ2) is 8.19. The number of nitrogens with zero attached hydrogens (tertiary/aromatic N) is 2. The lowest BCUT2D eigenvalue weighted by Gasteiger charge is -2.21. The van der Waals surface area contributed by atoms with Crippen molar-refractivity contribution in [3.8, 4) is 17.7 Å². The summed E-state index contributed by atoms with van der Waals surface area (Å²) in [6, 6.07) is 9.80. The average molecular weight is 368 g/mol. The van der Waals surface area contributed by atoms with E-state index in [0.29, 0.717) is 29.3 Å². The van der Waals surface area contributed by atoms with Crippen molar-refractivity contribution in [3.63, 3.8) is 0 Å². The van der Waals surface area contributed by atoms with E-state index in [4.69, 9.17) is 15.1 Å². The second-order valence-electron chi connectivity index (χ2n) is 6.28. The number of nitrogens with one attached hydrogen (secondary N) is 2. The number of hydrogen-bond donors (Lipinski definition) is 3. The molecule has 0 bridgehead atoms. The minimum absolute atomic E-state index is 0.318. The van der Waals surface area contributed by atoms with Gasteiger partial charge < -0.3 is 20.5 Å². The van der Waals surface area contributed by atoms with Gasteiger partial charge in [-0.2, -0.15) is 5.26 Å². The summed E-state index contributed by atoms with van der Waals surface area (Å²) in [5.74, 6) is -0.271. The Morgan fingerprint density at radius 3 is 2.59 bits per heavy atom. The minimum Gasteiger partial charge on any atom is -0.480 e. The predicted molar refractivity (Wildman–Crippen MR) is 98.7 cm³/mol. The van der Waals surface area contributed by atoms with Gasteiger partial charge in [-0.3, -0.25) is 0 Å². The Bertz CT molecular complexity index is 886. The topological polar surface area (TPSA) is 124 Å². The number of carboxylic acids is 1. The van der Waals surface area contributed by atoms with Crippen LogP contribution in [0.25, 0.3) is 0 Å². The molecule has 0 saturated heterocycles. The lowest BCUT2D eigenvalue weighted by molar-refractivity contribution is -0.142. The summed E-state index contributed by atoms with van der Waals surface area (Å²) in [7, 11) is 0. The maximum Gasteiger partial charge on any atom is 0.328 e. The molecule has 1 aromatic carbocycles. The van der Waals surface area contributed by atoms with E-state index in [1.807, 2.05) is 6.92 Å². The van der Waals surface area contributed by atoms with E-state index in [9.17, 15) is 9.59 Å². The molecule has 2 amide bonds. The highest BCUT2D eigenvalue weighted by Gasteiger charge is 2.28. The van der Waals surface area contributed by atoms with Crippen LogP contribution in [0, 0.1) is 11.3 Å². The van der Waals surface area contributed by atoms with E-state index in [1.165, 1.54) is 20.0 Å². The lowest BCUT2D eigenvalue weighted by atomic mass is 10.1. The molecule has 1 heterocycles. The van der Waals surface area contributed by atoms with Crippen LogP contribution >= 0.6 is 0 Å². The molecule has 140 valence electrons. The van der Waals surface area contributed by atoms with Crippen LogP contribution < -0.4 is 15.4 Å². The molecule has 0 saturated carbocycles. The molecule has 1 aromatic heterocycles. The summed E-state index contributed by atoms with van der Waals surface area (Å²) in [5, 5.41) is 22.9. The Morgan fingerprint density at radius 1 is 1.30 bits per heavy atom. The third-order valence-electron chi connectivity index (χ3n) is 3.76. The first-order valence-electron chi connectivity index (χ1n) is 8.24. The Kier molecular flexibility index (Phi) is 5.98. The Morgan fingerprint density at radius 2 is 2.04 bits per heavy atom. The second-order valence-corrected chi connectivity index (χ2v) is 6.28.